The quantitative estimate of drug-likeness (QED) is 0.670. The molecule has 0 saturated heterocycles. The predicted molar refractivity (Wildman–Crippen MR) is 71.2 cm³/mol. The number of aliphatic hydroxyl groups is 1. The summed E-state index contributed by atoms with van der Waals surface area (Å²) in [6.45, 7) is 3.74. The van der Waals surface area contributed by atoms with Crippen LogP contribution in [0, 0.1) is 11.3 Å². The van der Waals surface area contributed by atoms with E-state index in [2.05, 4.69) is 4.74 Å². The second kappa shape index (κ2) is 5.46. The lowest BCUT2D eigenvalue weighted by molar-refractivity contribution is -0.302. The zero-order valence-corrected chi connectivity index (χ0v) is 12.3. The summed E-state index contributed by atoms with van der Waals surface area (Å²) in [5, 5.41) is 8.86. The van der Waals surface area contributed by atoms with Crippen LogP contribution in [-0.2, 0) is 9.53 Å². The Hall–Kier alpha value is -1.76. The molecule has 2 rings (SSSR count). The minimum Gasteiger partial charge on any atom is -0.469 e. The molecule has 1 aliphatic rings. The van der Waals surface area contributed by atoms with E-state index in [0.717, 1.165) is 0 Å². The number of methoxy groups -OCH3 is 1. The third-order valence-electron chi connectivity index (χ3n) is 4.03. The summed E-state index contributed by atoms with van der Waals surface area (Å²) in [5.41, 5.74) is 0.267. The molecule has 0 spiro atoms. The first-order valence-electron chi connectivity index (χ1n) is 6.67. The van der Waals surface area contributed by atoms with Gasteiger partial charge in [-0.05, 0) is 23.1 Å². The summed E-state index contributed by atoms with van der Waals surface area (Å²) in [4.78, 5) is 11.7. The van der Waals surface area contributed by atoms with Crippen LogP contribution in [0.3, 0.4) is 0 Å². The molecular formula is C15H17F3O4. The van der Waals surface area contributed by atoms with E-state index in [1.165, 1.54) is 25.3 Å². The van der Waals surface area contributed by atoms with Gasteiger partial charge in [0.15, 0.2) is 0 Å². The van der Waals surface area contributed by atoms with Crippen LogP contribution in [0.1, 0.15) is 25.3 Å². The summed E-state index contributed by atoms with van der Waals surface area (Å²) in [5.74, 6) is -1.17. The van der Waals surface area contributed by atoms with E-state index in [9.17, 15) is 18.0 Å². The number of carbonyl (C=O) groups excluding carboxylic acids is 1. The van der Waals surface area contributed by atoms with Gasteiger partial charge >= 0.3 is 18.4 Å². The summed E-state index contributed by atoms with van der Waals surface area (Å²) in [7, 11) is 1.29. The lowest BCUT2D eigenvalue weighted by atomic mass is 10.0. The summed E-state index contributed by atoms with van der Waals surface area (Å²) < 4.78 is 46.8. The summed E-state index contributed by atoms with van der Waals surface area (Å²) in [6.07, 6.45) is -3.70. The molecular weight excluding hydrogens is 301 g/mol. The van der Waals surface area contributed by atoms with Crippen LogP contribution in [-0.4, -0.2) is 30.7 Å². The van der Waals surface area contributed by atoms with Gasteiger partial charge in [-0.1, -0.05) is 26.0 Å². The van der Waals surface area contributed by atoms with E-state index < -0.39 is 12.5 Å². The van der Waals surface area contributed by atoms with Gasteiger partial charge in [0.2, 0.25) is 0 Å². The minimum atomic E-state index is -4.06. The lowest BCUT2D eigenvalue weighted by Gasteiger charge is -2.19. The number of benzene rings is 1. The highest BCUT2D eigenvalue weighted by Crippen LogP contribution is 2.65. The third kappa shape index (κ3) is 2.90. The Morgan fingerprint density at radius 1 is 1.41 bits per heavy atom. The van der Waals surface area contributed by atoms with Crippen LogP contribution in [0.2, 0.25) is 0 Å². The zero-order chi connectivity index (χ0) is 16.7. The van der Waals surface area contributed by atoms with Gasteiger partial charge in [0.1, 0.15) is 5.75 Å². The molecule has 1 N–H and O–H groups in total. The molecule has 3 atom stereocenters. The van der Waals surface area contributed by atoms with Crippen molar-refractivity contribution in [3.63, 3.8) is 0 Å². The monoisotopic (exact) mass is 318 g/mol. The van der Waals surface area contributed by atoms with Crippen LogP contribution in [0.5, 0.6) is 5.75 Å². The molecule has 1 saturated carbocycles. The maximum atomic E-state index is 13.2. The van der Waals surface area contributed by atoms with Gasteiger partial charge in [0, 0.05) is 5.92 Å². The number of alkyl halides is 3. The Balaban J connectivity index is 2.22. The maximum absolute atomic E-state index is 13.2. The van der Waals surface area contributed by atoms with Crippen molar-refractivity contribution in [1.82, 2.24) is 0 Å². The number of halogens is 3. The van der Waals surface area contributed by atoms with Gasteiger partial charge in [-0.25, -0.2) is 0 Å². The van der Waals surface area contributed by atoms with Crippen molar-refractivity contribution in [3.05, 3.63) is 29.8 Å². The average molecular weight is 318 g/mol. The molecule has 3 unspecified atom stereocenters. The molecule has 0 aliphatic heterocycles. The van der Waals surface area contributed by atoms with Crippen molar-refractivity contribution in [3.8, 4) is 5.75 Å². The fourth-order valence-electron chi connectivity index (χ4n) is 2.81. The van der Waals surface area contributed by atoms with Crippen molar-refractivity contribution in [1.29, 1.82) is 0 Å². The lowest BCUT2D eigenvalue weighted by Crippen LogP contribution is -2.38. The van der Waals surface area contributed by atoms with Crippen LogP contribution in [0.25, 0.3) is 0 Å². The summed E-state index contributed by atoms with van der Waals surface area (Å²) >= 11 is 0. The molecule has 1 aromatic rings. The van der Waals surface area contributed by atoms with Crippen molar-refractivity contribution in [2.75, 3.05) is 7.11 Å². The molecule has 1 aliphatic carbocycles. The average Bonchev–Trinajstić information content (AvgIpc) is 3.00. The second-order valence-electron chi connectivity index (χ2n) is 5.88. The van der Waals surface area contributed by atoms with E-state index in [4.69, 9.17) is 9.84 Å². The first-order valence-corrected chi connectivity index (χ1v) is 6.67. The molecule has 0 heterocycles. The standard InChI is InChI=1S/C15H17F3O4/c1-14(2)10(11(14)12(19)21-3)8-5-4-6-9(7-8)22-15(18,20)13(16)17/h4-7,10-11,13,20H,1-3H3. The van der Waals surface area contributed by atoms with Gasteiger partial charge in [0.25, 0.3) is 0 Å². The summed E-state index contributed by atoms with van der Waals surface area (Å²) in [6, 6.07) is 1.69. The van der Waals surface area contributed by atoms with E-state index in [0.29, 0.717) is 5.56 Å². The number of carbonyl (C=O) groups is 1. The number of ether oxygens (including phenoxy) is 2. The Kier molecular flexibility index (Phi) is 4.12. The fraction of sp³-hybridized carbons (Fsp3) is 0.533. The first-order chi connectivity index (χ1) is 10.1. The zero-order valence-electron chi connectivity index (χ0n) is 12.3. The van der Waals surface area contributed by atoms with Crippen LogP contribution in [0.15, 0.2) is 24.3 Å². The molecule has 0 bridgehead atoms. The smallest absolute Gasteiger partial charge is 0.424 e. The Bertz CT molecular complexity index is 572. The second-order valence-corrected chi connectivity index (χ2v) is 5.88. The van der Waals surface area contributed by atoms with Crippen molar-refractivity contribution in [2.24, 2.45) is 11.3 Å². The van der Waals surface area contributed by atoms with Gasteiger partial charge in [-0.15, -0.1) is 0 Å². The third-order valence-corrected chi connectivity index (χ3v) is 4.03. The number of hydrogen-bond acceptors (Lipinski definition) is 4. The Labute approximate surface area is 125 Å². The molecule has 122 valence electrons. The molecule has 22 heavy (non-hydrogen) atoms. The van der Waals surface area contributed by atoms with Crippen molar-refractivity contribution in [2.45, 2.75) is 32.2 Å². The number of esters is 1. The van der Waals surface area contributed by atoms with Gasteiger partial charge in [-0.3, -0.25) is 4.79 Å². The normalized spacial score (nSPS) is 25.5. The highest BCUT2D eigenvalue weighted by molar-refractivity contribution is 5.79. The topological polar surface area (TPSA) is 55.8 Å². The predicted octanol–water partition coefficient (Wildman–Crippen LogP) is 2.86. The van der Waals surface area contributed by atoms with Crippen LogP contribution in [0.4, 0.5) is 13.2 Å². The highest BCUT2D eigenvalue weighted by atomic mass is 19.3. The SMILES string of the molecule is COC(=O)C1C(c2cccc(OC(O)(F)C(F)F)c2)C1(C)C. The Morgan fingerprint density at radius 2 is 2.05 bits per heavy atom. The van der Waals surface area contributed by atoms with Crippen molar-refractivity contribution < 1.29 is 32.5 Å². The van der Waals surface area contributed by atoms with E-state index in [1.54, 1.807) is 6.07 Å². The largest absolute Gasteiger partial charge is 0.469 e. The molecule has 0 amide bonds. The Morgan fingerprint density at radius 3 is 2.59 bits per heavy atom. The molecule has 1 aromatic carbocycles. The first kappa shape index (κ1) is 16.6. The molecule has 0 radical (unpaired) electrons. The van der Waals surface area contributed by atoms with Gasteiger partial charge in [0.05, 0.1) is 13.0 Å². The van der Waals surface area contributed by atoms with E-state index >= 15 is 0 Å². The maximum Gasteiger partial charge on any atom is 0.424 e. The molecule has 7 heteroatoms. The minimum absolute atomic E-state index is 0.192. The van der Waals surface area contributed by atoms with Gasteiger partial charge in [-0.2, -0.15) is 13.2 Å². The number of hydrogen-bond donors (Lipinski definition) is 1. The molecule has 1 fully saturated rings. The van der Waals surface area contributed by atoms with Crippen molar-refractivity contribution >= 4 is 5.97 Å². The van der Waals surface area contributed by atoms with Crippen LogP contribution >= 0.6 is 0 Å². The van der Waals surface area contributed by atoms with E-state index in [1.807, 2.05) is 13.8 Å². The highest BCUT2D eigenvalue weighted by Gasteiger charge is 2.63. The van der Waals surface area contributed by atoms with E-state index in [-0.39, 0.29) is 29.0 Å². The molecule has 4 nitrogen and oxygen atoms in total. The van der Waals surface area contributed by atoms with Crippen LogP contribution < -0.4 is 4.74 Å². The fourth-order valence-corrected chi connectivity index (χ4v) is 2.81. The molecule has 0 aromatic heterocycles. The van der Waals surface area contributed by atoms with Gasteiger partial charge < -0.3 is 14.6 Å². The number of rotatable bonds is 5.